The topological polar surface area (TPSA) is 41.1 Å². The lowest BCUT2D eigenvalue weighted by Gasteiger charge is -2.15. The van der Waals surface area contributed by atoms with Gasteiger partial charge in [0.2, 0.25) is 5.91 Å². The van der Waals surface area contributed by atoms with Gasteiger partial charge in [0.05, 0.1) is 6.04 Å². The van der Waals surface area contributed by atoms with E-state index in [1.165, 1.54) is 51.4 Å². The lowest BCUT2D eigenvalue weighted by Crippen LogP contribution is -2.43. The van der Waals surface area contributed by atoms with E-state index in [2.05, 4.69) is 17.6 Å². The van der Waals surface area contributed by atoms with Crippen molar-refractivity contribution in [3.05, 3.63) is 0 Å². The zero-order valence-corrected chi connectivity index (χ0v) is 12.0. The predicted octanol–water partition coefficient (Wildman–Crippen LogP) is 3.00. The van der Waals surface area contributed by atoms with Crippen molar-refractivity contribution in [2.75, 3.05) is 13.1 Å². The van der Waals surface area contributed by atoms with Crippen LogP contribution in [-0.2, 0) is 4.79 Å². The number of unbranched alkanes of at least 4 members (excludes halogenated alkanes) is 5. The number of carbonyl (C=O) groups excluding carboxylic acids is 1. The maximum atomic E-state index is 11.9. The molecule has 0 radical (unpaired) electrons. The van der Waals surface area contributed by atoms with Crippen LogP contribution in [0, 0.1) is 0 Å². The van der Waals surface area contributed by atoms with Gasteiger partial charge in [-0.05, 0) is 25.8 Å². The Morgan fingerprint density at radius 3 is 2.72 bits per heavy atom. The largest absolute Gasteiger partial charge is 0.355 e. The summed E-state index contributed by atoms with van der Waals surface area (Å²) in [6.07, 6.45) is 12.3. The van der Waals surface area contributed by atoms with Crippen LogP contribution in [0.25, 0.3) is 0 Å². The van der Waals surface area contributed by atoms with Crippen LogP contribution in [0.1, 0.15) is 71.1 Å². The summed E-state index contributed by atoms with van der Waals surface area (Å²) in [5, 5.41) is 6.41. The molecule has 0 aromatic carbocycles. The Labute approximate surface area is 112 Å². The monoisotopic (exact) mass is 254 g/mol. The van der Waals surface area contributed by atoms with Gasteiger partial charge in [0.25, 0.3) is 0 Å². The van der Waals surface area contributed by atoms with Gasteiger partial charge in [-0.3, -0.25) is 4.79 Å². The highest BCUT2D eigenvalue weighted by Crippen LogP contribution is 2.08. The molecule has 0 aliphatic carbocycles. The van der Waals surface area contributed by atoms with E-state index in [1.807, 2.05) is 0 Å². The lowest BCUT2D eigenvalue weighted by atomic mass is 10.1. The molecular weight excluding hydrogens is 224 g/mol. The van der Waals surface area contributed by atoms with Gasteiger partial charge in [0, 0.05) is 6.54 Å². The molecule has 1 saturated heterocycles. The predicted molar refractivity (Wildman–Crippen MR) is 76.6 cm³/mol. The Hall–Kier alpha value is -0.570. The van der Waals surface area contributed by atoms with Gasteiger partial charge in [0.1, 0.15) is 0 Å². The zero-order chi connectivity index (χ0) is 13.1. The van der Waals surface area contributed by atoms with Crippen molar-refractivity contribution in [1.82, 2.24) is 10.6 Å². The highest BCUT2D eigenvalue weighted by Gasteiger charge is 2.18. The van der Waals surface area contributed by atoms with Crippen LogP contribution in [-0.4, -0.2) is 25.0 Å². The van der Waals surface area contributed by atoms with Crippen LogP contribution in [0.2, 0.25) is 0 Å². The summed E-state index contributed by atoms with van der Waals surface area (Å²) in [5.41, 5.74) is 0. The summed E-state index contributed by atoms with van der Waals surface area (Å²) in [5.74, 6) is 0.213. The molecule has 1 aliphatic rings. The molecule has 0 aromatic rings. The second kappa shape index (κ2) is 10.4. The third-order valence-corrected chi connectivity index (χ3v) is 3.71. The molecule has 106 valence electrons. The summed E-state index contributed by atoms with van der Waals surface area (Å²) in [6.45, 7) is 4.08. The van der Waals surface area contributed by atoms with Crippen LogP contribution >= 0.6 is 0 Å². The van der Waals surface area contributed by atoms with E-state index in [1.54, 1.807) is 0 Å². The van der Waals surface area contributed by atoms with Gasteiger partial charge in [-0.25, -0.2) is 0 Å². The van der Waals surface area contributed by atoms with E-state index in [0.29, 0.717) is 0 Å². The average Bonchev–Trinajstić information content (AvgIpc) is 2.66. The van der Waals surface area contributed by atoms with Crippen molar-refractivity contribution in [3.63, 3.8) is 0 Å². The van der Waals surface area contributed by atoms with E-state index in [0.717, 1.165) is 25.9 Å². The van der Waals surface area contributed by atoms with Gasteiger partial charge in [-0.1, -0.05) is 51.9 Å². The molecule has 1 unspecified atom stereocenters. The lowest BCUT2D eigenvalue weighted by molar-refractivity contribution is -0.123. The number of amides is 1. The van der Waals surface area contributed by atoms with Crippen LogP contribution in [0.15, 0.2) is 0 Å². The second-order valence-corrected chi connectivity index (χ2v) is 5.41. The van der Waals surface area contributed by atoms with Gasteiger partial charge < -0.3 is 10.6 Å². The van der Waals surface area contributed by atoms with Crippen LogP contribution in [0.3, 0.4) is 0 Å². The highest BCUT2D eigenvalue weighted by atomic mass is 16.2. The second-order valence-electron chi connectivity index (χ2n) is 5.41. The van der Waals surface area contributed by atoms with Crippen molar-refractivity contribution in [2.24, 2.45) is 0 Å². The first kappa shape index (κ1) is 15.5. The average molecular weight is 254 g/mol. The van der Waals surface area contributed by atoms with Gasteiger partial charge >= 0.3 is 0 Å². The molecule has 1 atom stereocenters. The van der Waals surface area contributed by atoms with Gasteiger partial charge in [-0.2, -0.15) is 0 Å². The number of carbonyl (C=O) groups is 1. The summed E-state index contributed by atoms with van der Waals surface area (Å²) in [7, 11) is 0. The number of rotatable bonds is 8. The fourth-order valence-corrected chi connectivity index (χ4v) is 2.49. The Bertz CT molecular complexity index is 211. The molecule has 1 rings (SSSR count). The minimum atomic E-state index is 0.0626. The Kier molecular flexibility index (Phi) is 8.92. The highest BCUT2D eigenvalue weighted by molar-refractivity contribution is 5.81. The minimum absolute atomic E-state index is 0.0626. The fourth-order valence-electron chi connectivity index (χ4n) is 2.49. The number of hydrogen-bond acceptors (Lipinski definition) is 2. The SMILES string of the molecule is CCCCCCCCNC(=O)C1CCCCCN1. The van der Waals surface area contributed by atoms with Crippen LogP contribution < -0.4 is 10.6 Å². The molecule has 1 aliphatic heterocycles. The van der Waals surface area contributed by atoms with Crippen molar-refractivity contribution in [3.8, 4) is 0 Å². The molecule has 3 heteroatoms. The third-order valence-electron chi connectivity index (χ3n) is 3.71. The number of nitrogens with one attached hydrogen (secondary N) is 2. The maximum Gasteiger partial charge on any atom is 0.237 e. The molecule has 0 saturated carbocycles. The van der Waals surface area contributed by atoms with Crippen molar-refractivity contribution in [2.45, 2.75) is 77.2 Å². The zero-order valence-electron chi connectivity index (χ0n) is 12.0. The van der Waals surface area contributed by atoms with Gasteiger partial charge in [0.15, 0.2) is 0 Å². The molecule has 0 bridgehead atoms. The molecule has 0 spiro atoms. The van der Waals surface area contributed by atoms with E-state index in [9.17, 15) is 4.79 Å². The minimum Gasteiger partial charge on any atom is -0.355 e. The standard InChI is InChI=1S/C15H30N2O/c1-2-3-4-5-6-9-13-17-15(18)14-11-8-7-10-12-16-14/h14,16H,2-13H2,1H3,(H,17,18). The van der Waals surface area contributed by atoms with E-state index < -0.39 is 0 Å². The molecule has 1 amide bonds. The van der Waals surface area contributed by atoms with Crippen molar-refractivity contribution >= 4 is 5.91 Å². The Balaban J connectivity index is 1.98. The first-order chi connectivity index (χ1) is 8.84. The smallest absolute Gasteiger partial charge is 0.237 e. The summed E-state index contributed by atoms with van der Waals surface area (Å²) < 4.78 is 0. The summed E-state index contributed by atoms with van der Waals surface area (Å²) >= 11 is 0. The fraction of sp³-hybridized carbons (Fsp3) is 0.933. The Morgan fingerprint density at radius 1 is 1.11 bits per heavy atom. The molecule has 0 aromatic heterocycles. The summed E-state index contributed by atoms with van der Waals surface area (Å²) in [6, 6.07) is 0.0626. The van der Waals surface area contributed by atoms with E-state index in [-0.39, 0.29) is 11.9 Å². The molecule has 3 nitrogen and oxygen atoms in total. The van der Waals surface area contributed by atoms with E-state index >= 15 is 0 Å². The molecule has 2 N–H and O–H groups in total. The molecular formula is C15H30N2O. The third kappa shape index (κ3) is 7.00. The van der Waals surface area contributed by atoms with Gasteiger partial charge in [-0.15, -0.1) is 0 Å². The molecule has 1 fully saturated rings. The van der Waals surface area contributed by atoms with Crippen LogP contribution in [0.4, 0.5) is 0 Å². The normalized spacial score (nSPS) is 20.4. The number of hydrogen-bond donors (Lipinski definition) is 2. The van der Waals surface area contributed by atoms with Crippen molar-refractivity contribution < 1.29 is 4.79 Å². The molecule has 18 heavy (non-hydrogen) atoms. The first-order valence-electron chi connectivity index (χ1n) is 7.85. The first-order valence-corrected chi connectivity index (χ1v) is 7.85. The van der Waals surface area contributed by atoms with Crippen molar-refractivity contribution in [1.29, 1.82) is 0 Å². The summed E-state index contributed by atoms with van der Waals surface area (Å²) in [4.78, 5) is 11.9. The quantitative estimate of drug-likeness (QED) is 0.654. The molecule has 1 heterocycles. The Morgan fingerprint density at radius 2 is 1.89 bits per heavy atom. The maximum absolute atomic E-state index is 11.9. The van der Waals surface area contributed by atoms with Crippen LogP contribution in [0.5, 0.6) is 0 Å². The van der Waals surface area contributed by atoms with E-state index in [4.69, 9.17) is 0 Å².